The van der Waals surface area contributed by atoms with E-state index in [1.165, 1.54) is 0 Å². The fraction of sp³-hybridized carbons (Fsp3) is 0.462. The van der Waals surface area contributed by atoms with Crippen LogP contribution >= 0.6 is 0 Å². The van der Waals surface area contributed by atoms with Crippen LogP contribution in [0.25, 0.3) is 0 Å². The number of anilines is 1. The number of benzene rings is 1. The van der Waals surface area contributed by atoms with E-state index in [4.69, 9.17) is 5.73 Å². The second-order valence-electron chi connectivity index (χ2n) is 4.51. The molecule has 1 amide bonds. The highest BCUT2D eigenvalue weighted by Crippen LogP contribution is 2.18. The minimum atomic E-state index is 0.0523. The lowest BCUT2D eigenvalue weighted by Gasteiger charge is -2.21. The molecule has 0 radical (unpaired) electrons. The highest BCUT2D eigenvalue weighted by molar-refractivity contribution is 5.81. The molecule has 0 bridgehead atoms. The van der Waals surface area contributed by atoms with Gasteiger partial charge in [-0.3, -0.25) is 4.79 Å². The van der Waals surface area contributed by atoms with Crippen LogP contribution in [0.4, 0.5) is 5.69 Å². The van der Waals surface area contributed by atoms with Gasteiger partial charge in [0, 0.05) is 24.8 Å². The van der Waals surface area contributed by atoms with E-state index in [1.54, 1.807) is 0 Å². The van der Waals surface area contributed by atoms with E-state index in [0.717, 1.165) is 30.8 Å². The summed E-state index contributed by atoms with van der Waals surface area (Å²) in [6.07, 6.45) is 0.987. The van der Waals surface area contributed by atoms with E-state index in [0.29, 0.717) is 6.54 Å². The molecule has 1 unspecified atom stereocenters. The van der Waals surface area contributed by atoms with Crippen molar-refractivity contribution in [3.05, 3.63) is 29.8 Å². The number of nitrogens with zero attached hydrogens (tertiary/aromatic N) is 1. The summed E-state index contributed by atoms with van der Waals surface area (Å²) < 4.78 is 0. The maximum Gasteiger partial charge on any atom is 0.239 e. The van der Waals surface area contributed by atoms with Crippen molar-refractivity contribution in [1.29, 1.82) is 0 Å². The van der Waals surface area contributed by atoms with E-state index >= 15 is 0 Å². The number of carbonyl (C=O) groups excluding carboxylic acids is 1. The van der Waals surface area contributed by atoms with Gasteiger partial charge < -0.3 is 16.0 Å². The van der Waals surface area contributed by atoms with Gasteiger partial charge in [-0.2, -0.15) is 0 Å². The number of rotatable bonds is 2. The molecule has 1 heterocycles. The van der Waals surface area contributed by atoms with Gasteiger partial charge in [-0.05, 0) is 31.0 Å². The summed E-state index contributed by atoms with van der Waals surface area (Å²) in [6.45, 7) is 4.09. The molecule has 1 aliphatic rings. The molecule has 3 N–H and O–H groups in total. The Morgan fingerprint density at radius 1 is 1.35 bits per heavy atom. The fourth-order valence-electron chi connectivity index (χ4n) is 2.02. The molecule has 0 saturated carbocycles. The Bertz CT molecular complexity index is 386. The highest BCUT2D eigenvalue weighted by Gasteiger charge is 2.14. The minimum Gasteiger partial charge on any atom is -0.362 e. The first kappa shape index (κ1) is 11.9. The summed E-state index contributed by atoms with van der Waals surface area (Å²) in [5.74, 6) is 0.0961. The van der Waals surface area contributed by atoms with Crippen molar-refractivity contribution in [3.8, 4) is 0 Å². The Balaban J connectivity index is 2.12. The van der Waals surface area contributed by atoms with Crippen molar-refractivity contribution in [2.45, 2.75) is 19.4 Å². The first-order valence-corrected chi connectivity index (χ1v) is 6.04. The van der Waals surface area contributed by atoms with Gasteiger partial charge in [0.15, 0.2) is 0 Å². The highest BCUT2D eigenvalue weighted by atomic mass is 16.2. The summed E-state index contributed by atoms with van der Waals surface area (Å²) in [7, 11) is 0. The van der Waals surface area contributed by atoms with Gasteiger partial charge in [-0.1, -0.05) is 12.1 Å². The minimum absolute atomic E-state index is 0.0523. The van der Waals surface area contributed by atoms with Crippen LogP contribution in [0.2, 0.25) is 0 Å². The van der Waals surface area contributed by atoms with Gasteiger partial charge in [-0.15, -0.1) is 0 Å². The molecular formula is C13H19N3O. The van der Waals surface area contributed by atoms with E-state index < -0.39 is 0 Å². The quantitative estimate of drug-likeness (QED) is 0.802. The van der Waals surface area contributed by atoms with Gasteiger partial charge >= 0.3 is 0 Å². The molecule has 1 fully saturated rings. The molecule has 0 aromatic heterocycles. The predicted octanol–water partition coefficient (Wildman–Crippen LogP) is 1.03. The zero-order chi connectivity index (χ0) is 12.3. The van der Waals surface area contributed by atoms with Crippen LogP contribution < -0.4 is 16.0 Å². The molecule has 2 rings (SSSR count). The van der Waals surface area contributed by atoms with Gasteiger partial charge in [0.2, 0.25) is 5.91 Å². The van der Waals surface area contributed by atoms with E-state index in [9.17, 15) is 4.79 Å². The van der Waals surface area contributed by atoms with Crippen molar-refractivity contribution in [3.63, 3.8) is 0 Å². The summed E-state index contributed by atoms with van der Waals surface area (Å²) in [4.78, 5) is 13.6. The number of amides is 1. The molecule has 1 saturated heterocycles. The van der Waals surface area contributed by atoms with Crippen molar-refractivity contribution >= 4 is 11.6 Å². The first-order chi connectivity index (χ1) is 8.16. The third-order valence-corrected chi connectivity index (χ3v) is 3.05. The monoisotopic (exact) mass is 233 g/mol. The lowest BCUT2D eigenvalue weighted by Crippen LogP contribution is -2.32. The van der Waals surface area contributed by atoms with E-state index in [2.05, 4.69) is 10.2 Å². The first-order valence-electron chi connectivity index (χ1n) is 6.04. The average molecular weight is 233 g/mol. The number of nitrogens with two attached hydrogens (primary N) is 1. The predicted molar refractivity (Wildman–Crippen MR) is 68.9 cm³/mol. The third-order valence-electron chi connectivity index (χ3n) is 3.05. The number of nitrogens with one attached hydrogen (secondary N) is 1. The van der Waals surface area contributed by atoms with Crippen molar-refractivity contribution in [2.24, 2.45) is 5.73 Å². The molecule has 4 nitrogen and oxygen atoms in total. The summed E-state index contributed by atoms with van der Waals surface area (Å²) >= 11 is 0. The molecule has 1 atom stereocenters. The maximum atomic E-state index is 11.5. The van der Waals surface area contributed by atoms with Gasteiger partial charge in [0.25, 0.3) is 0 Å². The zero-order valence-electron chi connectivity index (χ0n) is 10.1. The van der Waals surface area contributed by atoms with Crippen LogP contribution in [0.15, 0.2) is 24.3 Å². The zero-order valence-corrected chi connectivity index (χ0v) is 10.1. The lowest BCUT2D eigenvalue weighted by molar-refractivity contribution is -0.119. The van der Waals surface area contributed by atoms with Crippen LogP contribution in [-0.2, 0) is 4.79 Å². The summed E-state index contributed by atoms with van der Waals surface area (Å²) in [5, 5.41) is 2.87. The summed E-state index contributed by atoms with van der Waals surface area (Å²) in [6, 6.07) is 8.19. The molecule has 17 heavy (non-hydrogen) atoms. The molecule has 0 aliphatic carbocycles. The van der Waals surface area contributed by atoms with Gasteiger partial charge in [0.1, 0.15) is 0 Å². The summed E-state index contributed by atoms with van der Waals surface area (Å²) in [5.41, 5.74) is 8.02. The third kappa shape index (κ3) is 2.97. The largest absolute Gasteiger partial charge is 0.362 e. The molecule has 1 aliphatic heterocycles. The maximum absolute atomic E-state index is 11.5. The Morgan fingerprint density at radius 2 is 2.06 bits per heavy atom. The number of carbonyl (C=O) groups is 1. The Morgan fingerprint density at radius 3 is 2.71 bits per heavy atom. The topological polar surface area (TPSA) is 58.4 Å². The second-order valence-corrected chi connectivity index (χ2v) is 4.51. The van der Waals surface area contributed by atoms with Crippen molar-refractivity contribution in [1.82, 2.24) is 5.32 Å². The Hall–Kier alpha value is -1.55. The van der Waals surface area contributed by atoms with E-state index in [1.807, 2.05) is 31.2 Å². The van der Waals surface area contributed by atoms with Crippen LogP contribution in [0, 0.1) is 0 Å². The number of hydrogen-bond donors (Lipinski definition) is 2. The van der Waals surface area contributed by atoms with Crippen LogP contribution in [-0.4, -0.2) is 25.5 Å². The van der Waals surface area contributed by atoms with E-state index in [-0.39, 0.29) is 11.9 Å². The standard InChI is InChI=1S/C13H19N3O/c1-10(14)11-3-5-12(6-4-11)16-8-2-7-15-13(17)9-16/h3-6,10H,2,7-9,14H2,1H3,(H,15,17). The SMILES string of the molecule is CC(N)c1ccc(N2CCCNC(=O)C2)cc1. The van der Waals surface area contributed by atoms with Crippen molar-refractivity contribution < 1.29 is 4.79 Å². The van der Waals surface area contributed by atoms with Gasteiger partial charge in [0.05, 0.1) is 6.54 Å². The van der Waals surface area contributed by atoms with Crippen molar-refractivity contribution in [2.75, 3.05) is 24.5 Å². The molecule has 1 aromatic rings. The Kier molecular flexibility index (Phi) is 3.64. The molecule has 0 spiro atoms. The average Bonchev–Trinajstić information content (AvgIpc) is 2.54. The lowest BCUT2D eigenvalue weighted by atomic mass is 10.1. The van der Waals surface area contributed by atoms with Crippen LogP contribution in [0.5, 0.6) is 0 Å². The normalized spacial score (nSPS) is 18.5. The molecule has 1 aromatic carbocycles. The van der Waals surface area contributed by atoms with Crippen LogP contribution in [0.3, 0.4) is 0 Å². The van der Waals surface area contributed by atoms with Crippen LogP contribution in [0.1, 0.15) is 24.9 Å². The van der Waals surface area contributed by atoms with Gasteiger partial charge in [-0.25, -0.2) is 0 Å². The molecule has 4 heteroatoms. The second kappa shape index (κ2) is 5.19. The smallest absolute Gasteiger partial charge is 0.239 e. The number of hydrogen-bond acceptors (Lipinski definition) is 3. The Labute approximate surface area is 102 Å². The molecule has 92 valence electrons. The molecular weight excluding hydrogens is 214 g/mol. The fourth-order valence-corrected chi connectivity index (χ4v) is 2.02.